The number of imidazole rings is 1. The second-order valence-corrected chi connectivity index (χ2v) is 3.55. The first-order chi connectivity index (χ1) is 8.83. The molecule has 7 nitrogen and oxygen atoms in total. The Bertz CT molecular complexity index is 525. The number of ether oxygens (including phenoxy) is 2. The molecule has 0 bridgehead atoms. The minimum absolute atomic E-state index is 0.352. The van der Waals surface area contributed by atoms with Gasteiger partial charge in [0.15, 0.2) is 11.5 Å². The summed E-state index contributed by atoms with van der Waals surface area (Å²) in [5.74, 6) is 0.369. The number of nitrogens with zero attached hydrogens (tertiary/aromatic N) is 4. The molecule has 0 aliphatic heterocycles. The Kier molecular flexibility index (Phi) is 4.21. The third-order valence-corrected chi connectivity index (χ3v) is 2.27. The van der Waals surface area contributed by atoms with Gasteiger partial charge in [0, 0.05) is 0 Å². The van der Waals surface area contributed by atoms with Crippen molar-refractivity contribution in [3.63, 3.8) is 0 Å². The van der Waals surface area contributed by atoms with E-state index in [9.17, 15) is 0 Å². The largest absolute Gasteiger partial charge is 0.382 e. The van der Waals surface area contributed by atoms with Crippen molar-refractivity contribution in [2.45, 2.75) is 6.73 Å². The van der Waals surface area contributed by atoms with Gasteiger partial charge in [-0.1, -0.05) is 6.08 Å². The lowest BCUT2D eigenvalue weighted by Crippen LogP contribution is -2.08. The molecule has 0 spiro atoms. The van der Waals surface area contributed by atoms with Gasteiger partial charge in [-0.15, -0.1) is 6.58 Å². The molecule has 0 radical (unpaired) electrons. The molecule has 0 unspecified atom stereocenters. The minimum atomic E-state index is 0.352. The van der Waals surface area contributed by atoms with E-state index >= 15 is 0 Å². The second kappa shape index (κ2) is 6.08. The number of fused-ring (bicyclic) bond motifs is 1. The van der Waals surface area contributed by atoms with Crippen LogP contribution in [0.5, 0.6) is 0 Å². The summed E-state index contributed by atoms with van der Waals surface area (Å²) in [6, 6.07) is 0. The molecule has 0 aromatic carbocycles. The van der Waals surface area contributed by atoms with Crippen LogP contribution in [-0.4, -0.2) is 39.3 Å². The van der Waals surface area contributed by atoms with E-state index in [0.29, 0.717) is 43.5 Å². The van der Waals surface area contributed by atoms with E-state index in [0.717, 1.165) is 0 Å². The lowest BCUT2D eigenvalue weighted by Gasteiger charge is -2.05. The van der Waals surface area contributed by atoms with Crippen LogP contribution in [0, 0.1) is 0 Å². The van der Waals surface area contributed by atoms with Crippen LogP contribution >= 0.6 is 0 Å². The average Bonchev–Trinajstić information content (AvgIpc) is 2.79. The Labute approximate surface area is 104 Å². The van der Waals surface area contributed by atoms with Crippen LogP contribution in [0.2, 0.25) is 0 Å². The Morgan fingerprint density at radius 2 is 2.11 bits per heavy atom. The molecule has 2 aromatic rings. The van der Waals surface area contributed by atoms with Gasteiger partial charge in [-0.3, -0.25) is 4.57 Å². The molecule has 2 aromatic heterocycles. The lowest BCUT2D eigenvalue weighted by atomic mass is 10.5. The Hall–Kier alpha value is -1.99. The van der Waals surface area contributed by atoms with E-state index in [-0.39, 0.29) is 0 Å². The Balaban J connectivity index is 1.88. The van der Waals surface area contributed by atoms with Crippen molar-refractivity contribution in [2.24, 2.45) is 0 Å². The van der Waals surface area contributed by atoms with Crippen LogP contribution in [0.15, 0.2) is 25.3 Å². The van der Waals surface area contributed by atoms with Crippen molar-refractivity contribution < 1.29 is 9.47 Å². The topological polar surface area (TPSA) is 88.1 Å². The highest BCUT2D eigenvalue weighted by Gasteiger charge is 2.06. The SMILES string of the molecule is C=CCOCCOCn1cnc2c(N)ncnc21. The van der Waals surface area contributed by atoms with Crippen molar-refractivity contribution in [1.29, 1.82) is 0 Å². The lowest BCUT2D eigenvalue weighted by molar-refractivity contribution is 0.0273. The van der Waals surface area contributed by atoms with Crippen LogP contribution < -0.4 is 5.73 Å². The molecule has 0 saturated heterocycles. The van der Waals surface area contributed by atoms with E-state index < -0.39 is 0 Å². The maximum Gasteiger partial charge on any atom is 0.167 e. The number of aromatic nitrogens is 4. The molecule has 2 rings (SSSR count). The minimum Gasteiger partial charge on any atom is -0.382 e. The molecule has 0 fully saturated rings. The van der Waals surface area contributed by atoms with Gasteiger partial charge in [0.1, 0.15) is 18.6 Å². The van der Waals surface area contributed by atoms with E-state index in [1.165, 1.54) is 6.33 Å². The summed E-state index contributed by atoms with van der Waals surface area (Å²) in [6.45, 7) is 5.46. The highest BCUT2D eigenvalue weighted by Crippen LogP contribution is 2.13. The fourth-order valence-corrected chi connectivity index (χ4v) is 1.44. The molecule has 18 heavy (non-hydrogen) atoms. The van der Waals surface area contributed by atoms with Gasteiger partial charge in [0.05, 0.1) is 26.1 Å². The zero-order chi connectivity index (χ0) is 12.8. The summed E-state index contributed by atoms with van der Waals surface area (Å²) < 4.78 is 12.4. The van der Waals surface area contributed by atoms with E-state index in [4.69, 9.17) is 15.2 Å². The van der Waals surface area contributed by atoms with Crippen molar-refractivity contribution in [3.8, 4) is 0 Å². The Morgan fingerprint density at radius 3 is 2.94 bits per heavy atom. The highest BCUT2D eigenvalue weighted by molar-refractivity contribution is 5.80. The number of hydrogen-bond acceptors (Lipinski definition) is 6. The van der Waals surface area contributed by atoms with Crippen molar-refractivity contribution in [1.82, 2.24) is 19.5 Å². The van der Waals surface area contributed by atoms with Crippen molar-refractivity contribution in [3.05, 3.63) is 25.3 Å². The molecule has 0 amide bonds. The van der Waals surface area contributed by atoms with E-state index in [2.05, 4.69) is 21.5 Å². The summed E-state index contributed by atoms with van der Waals surface area (Å²) in [6.07, 6.45) is 4.73. The van der Waals surface area contributed by atoms with E-state index in [1.54, 1.807) is 17.0 Å². The molecule has 0 aliphatic carbocycles. The average molecular weight is 249 g/mol. The van der Waals surface area contributed by atoms with Crippen LogP contribution in [0.3, 0.4) is 0 Å². The molecular weight excluding hydrogens is 234 g/mol. The smallest absolute Gasteiger partial charge is 0.167 e. The van der Waals surface area contributed by atoms with Gasteiger partial charge in [-0.05, 0) is 0 Å². The monoisotopic (exact) mass is 249 g/mol. The van der Waals surface area contributed by atoms with Gasteiger partial charge in [0.25, 0.3) is 0 Å². The standard InChI is InChI=1S/C11H15N5O2/c1-2-3-17-4-5-18-8-16-7-15-9-10(12)13-6-14-11(9)16/h2,6-7H,1,3-5,8H2,(H2,12,13,14). The van der Waals surface area contributed by atoms with Crippen molar-refractivity contribution in [2.75, 3.05) is 25.6 Å². The Morgan fingerprint density at radius 1 is 1.28 bits per heavy atom. The van der Waals surface area contributed by atoms with Crippen LogP contribution in [-0.2, 0) is 16.2 Å². The first-order valence-corrected chi connectivity index (χ1v) is 5.50. The molecule has 96 valence electrons. The number of anilines is 1. The number of rotatable bonds is 7. The fourth-order valence-electron chi connectivity index (χ4n) is 1.44. The zero-order valence-corrected chi connectivity index (χ0v) is 9.95. The molecule has 0 atom stereocenters. The quantitative estimate of drug-likeness (QED) is 0.570. The van der Waals surface area contributed by atoms with Gasteiger partial charge in [-0.25, -0.2) is 15.0 Å². The van der Waals surface area contributed by atoms with Gasteiger partial charge in [-0.2, -0.15) is 0 Å². The number of hydrogen-bond donors (Lipinski definition) is 1. The van der Waals surface area contributed by atoms with Crippen LogP contribution in [0.4, 0.5) is 5.82 Å². The van der Waals surface area contributed by atoms with Crippen LogP contribution in [0.25, 0.3) is 11.2 Å². The molecule has 0 aliphatic rings. The van der Waals surface area contributed by atoms with Gasteiger partial charge in [0.2, 0.25) is 0 Å². The molecule has 0 saturated carbocycles. The fraction of sp³-hybridized carbons (Fsp3) is 0.364. The number of nitrogens with two attached hydrogens (primary N) is 1. The predicted molar refractivity (Wildman–Crippen MR) is 66.7 cm³/mol. The molecule has 7 heteroatoms. The zero-order valence-electron chi connectivity index (χ0n) is 9.95. The summed E-state index contributed by atoms with van der Waals surface area (Å²) >= 11 is 0. The van der Waals surface area contributed by atoms with Crippen LogP contribution in [0.1, 0.15) is 0 Å². The molecule has 2 heterocycles. The maximum atomic E-state index is 5.68. The third-order valence-electron chi connectivity index (χ3n) is 2.27. The summed E-state index contributed by atoms with van der Waals surface area (Å²) in [4.78, 5) is 12.1. The van der Waals surface area contributed by atoms with Crippen molar-refractivity contribution >= 4 is 17.0 Å². The van der Waals surface area contributed by atoms with Gasteiger partial charge >= 0.3 is 0 Å². The normalized spacial score (nSPS) is 10.9. The molecule has 2 N–H and O–H groups in total. The second-order valence-electron chi connectivity index (χ2n) is 3.55. The summed E-state index contributed by atoms with van der Waals surface area (Å²) in [5.41, 5.74) is 6.93. The molecular formula is C11H15N5O2. The predicted octanol–water partition coefficient (Wildman–Crippen LogP) is 0.585. The van der Waals surface area contributed by atoms with E-state index in [1.807, 2.05) is 0 Å². The van der Waals surface area contributed by atoms with Gasteiger partial charge < -0.3 is 15.2 Å². The summed E-state index contributed by atoms with van der Waals surface area (Å²) in [7, 11) is 0. The maximum absolute atomic E-state index is 5.68. The highest BCUT2D eigenvalue weighted by atomic mass is 16.5. The third kappa shape index (κ3) is 2.82. The number of nitrogen functional groups attached to an aromatic ring is 1. The first-order valence-electron chi connectivity index (χ1n) is 5.50. The summed E-state index contributed by atoms with van der Waals surface area (Å²) in [5, 5.41) is 0. The first kappa shape index (κ1) is 12.5.